The van der Waals surface area contributed by atoms with Crippen LogP contribution in [0, 0.1) is 5.92 Å². The maximum Gasteiger partial charge on any atom is 0.418 e. The van der Waals surface area contributed by atoms with Gasteiger partial charge in [-0.2, -0.15) is 13.2 Å². The highest BCUT2D eigenvalue weighted by Gasteiger charge is 2.36. The van der Waals surface area contributed by atoms with Crippen LogP contribution in [0.1, 0.15) is 67.6 Å². The maximum absolute atomic E-state index is 14.3. The van der Waals surface area contributed by atoms with Crippen LogP contribution in [0.25, 0.3) is 11.2 Å². The Kier molecular flexibility index (Phi) is 6.82. The van der Waals surface area contributed by atoms with Gasteiger partial charge in [-0.25, -0.2) is 4.79 Å². The Morgan fingerprint density at radius 3 is 2.58 bits per heavy atom. The summed E-state index contributed by atoms with van der Waals surface area (Å²) in [7, 11) is 1.91. The van der Waals surface area contributed by atoms with Crippen LogP contribution in [-0.2, 0) is 18.0 Å². The smallest absolute Gasteiger partial charge is 0.376 e. The van der Waals surface area contributed by atoms with E-state index in [0.29, 0.717) is 36.9 Å². The van der Waals surface area contributed by atoms with Crippen LogP contribution in [0.15, 0.2) is 53.8 Å². The summed E-state index contributed by atoms with van der Waals surface area (Å²) in [5.41, 5.74) is 0.389. The number of ether oxygens (including phenoxy) is 1. The van der Waals surface area contributed by atoms with Crippen molar-refractivity contribution in [1.29, 1.82) is 0 Å². The molecule has 3 atom stereocenters. The fourth-order valence-corrected chi connectivity index (χ4v) is 6.11. The highest BCUT2D eigenvalue weighted by Crippen LogP contribution is 2.43. The summed E-state index contributed by atoms with van der Waals surface area (Å²) < 4.78 is 53.0. The number of nitrogens with zero attached hydrogens (tertiary/aromatic N) is 6. The molecule has 1 saturated carbocycles. The summed E-state index contributed by atoms with van der Waals surface area (Å²) >= 11 is 0. The number of aryl methyl sites for hydroxylation is 1. The minimum Gasteiger partial charge on any atom is -0.376 e. The van der Waals surface area contributed by atoms with Crippen LogP contribution in [0.3, 0.4) is 0 Å². The second-order valence-electron chi connectivity index (χ2n) is 11.1. The van der Waals surface area contributed by atoms with E-state index < -0.39 is 17.4 Å². The van der Waals surface area contributed by atoms with Crippen molar-refractivity contribution < 1.29 is 17.9 Å². The third-order valence-electron chi connectivity index (χ3n) is 8.55. The zero-order chi connectivity index (χ0) is 28.2. The Labute approximate surface area is 230 Å². The number of morpholine rings is 1. The molecule has 4 aromatic rings. The van der Waals surface area contributed by atoms with E-state index in [1.807, 2.05) is 43.7 Å². The Bertz CT molecular complexity index is 1580. The normalized spacial score (nSPS) is 20.5. The molecule has 1 aliphatic carbocycles. The standard InChI is InChI=1S/C29H33F3N6O2/c1-18-14-36(10-11-40-18)19(2)22-13-24(29(30,31)32)25-16-37(28(39)38(25)15-22)23-9-5-8-21(12-23)26(20-6-4-7-20)27-34-33-17-35(27)3/h5,8-9,12-13,15-20,26H,4,6-7,10-11,14H2,1-3H3/t18-,19-,26-/m1/s1. The molecule has 1 aliphatic heterocycles. The van der Waals surface area contributed by atoms with Crippen molar-refractivity contribution in [3.8, 4) is 5.69 Å². The third kappa shape index (κ3) is 4.75. The molecule has 0 radical (unpaired) electrons. The number of fused-ring (bicyclic) bond motifs is 1. The predicted molar refractivity (Wildman–Crippen MR) is 144 cm³/mol. The summed E-state index contributed by atoms with van der Waals surface area (Å²) in [6, 6.07) is 8.35. The number of imidazole rings is 1. The van der Waals surface area contributed by atoms with Gasteiger partial charge in [0, 0.05) is 44.5 Å². The molecule has 0 unspecified atom stereocenters. The molecule has 4 heterocycles. The number of alkyl halides is 3. The van der Waals surface area contributed by atoms with Gasteiger partial charge in [-0.05, 0) is 61.9 Å². The van der Waals surface area contributed by atoms with Crippen LogP contribution in [0.2, 0.25) is 0 Å². The molecule has 1 aromatic carbocycles. The van der Waals surface area contributed by atoms with Crippen molar-refractivity contribution in [3.63, 3.8) is 0 Å². The molecule has 2 aliphatic rings. The van der Waals surface area contributed by atoms with Gasteiger partial charge in [-0.15, -0.1) is 10.2 Å². The third-order valence-corrected chi connectivity index (χ3v) is 8.55. The molecule has 212 valence electrons. The lowest BCUT2D eigenvalue weighted by Crippen LogP contribution is -2.42. The molecule has 40 heavy (non-hydrogen) atoms. The highest BCUT2D eigenvalue weighted by molar-refractivity contribution is 5.58. The Balaban J connectivity index is 1.45. The first-order valence-electron chi connectivity index (χ1n) is 13.8. The molecule has 8 nitrogen and oxygen atoms in total. The molecular weight excluding hydrogens is 521 g/mol. The van der Waals surface area contributed by atoms with E-state index >= 15 is 0 Å². The molecule has 0 amide bonds. The van der Waals surface area contributed by atoms with E-state index in [4.69, 9.17) is 4.74 Å². The molecule has 11 heteroatoms. The van der Waals surface area contributed by atoms with Crippen molar-refractivity contribution in [3.05, 3.63) is 82.1 Å². The van der Waals surface area contributed by atoms with Crippen molar-refractivity contribution >= 4 is 5.52 Å². The molecule has 2 fully saturated rings. The average molecular weight is 555 g/mol. The van der Waals surface area contributed by atoms with Gasteiger partial charge in [0.25, 0.3) is 0 Å². The first-order chi connectivity index (χ1) is 19.1. The topological polar surface area (TPSA) is 69.6 Å². The van der Waals surface area contributed by atoms with Crippen molar-refractivity contribution in [2.45, 2.75) is 57.3 Å². The zero-order valence-corrected chi connectivity index (χ0v) is 22.8. The lowest BCUT2D eigenvalue weighted by atomic mass is 9.72. The fraction of sp³-hybridized carbons (Fsp3) is 0.483. The van der Waals surface area contributed by atoms with Crippen LogP contribution >= 0.6 is 0 Å². The largest absolute Gasteiger partial charge is 0.418 e. The second-order valence-corrected chi connectivity index (χ2v) is 11.1. The number of aromatic nitrogens is 5. The molecule has 6 rings (SSSR count). The van der Waals surface area contributed by atoms with Crippen molar-refractivity contribution in [2.75, 3.05) is 19.7 Å². The van der Waals surface area contributed by atoms with Gasteiger partial charge in [0.2, 0.25) is 0 Å². The number of hydrogen-bond acceptors (Lipinski definition) is 5. The van der Waals surface area contributed by atoms with Gasteiger partial charge in [-0.1, -0.05) is 18.6 Å². The van der Waals surface area contributed by atoms with Crippen LogP contribution in [0.4, 0.5) is 13.2 Å². The number of rotatable bonds is 6. The fourth-order valence-electron chi connectivity index (χ4n) is 6.11. The van der Waals surface area contributed by atoms with E-state index in [-0.39, 0.29) is 23.6 Å². The van der Waals surface area contributed by atoms with Gasteiger partial charge >= 0.3 is 11.9 Å². The van der Waals surface area contributed by atoms with Gasteiger partial charge < -0.3 is 9.30 Å². The van der Waals surface area contributed by atoms with E-state index in [2.05, 4.69) is 15.1 Å². The number of halogens is 3. The number of benzene rings is 1. The van der Waals surface area contributed by atoms with Gasteiger partial charge in [0.15, 0.2) is 0 Å². The minimum absolute atomic E-state index is 0.0107. The predicted octanol–water partition coefficient (Wildman–Crippen LogP) is 4.95. The Morgan fingerprint density at radius 1 is 1.12 bits per heavy atom. The first-order valence-corrected chi connectivity index (χ1v) is 13.8. The quantitative estimate of drug-likeness (QED) is 0.337. The van der Waals surface area contributed by atoms with E-state index in [1.165, 1.54) is 16.8 Å². The SMILES string of the molecule is C[C@@H]1CN([C@H](C)c2cc(C(F)(F)F)c3cn(-c4cccc([C@H](c5nncn5C)C5CCC5)c4)c(=O)n3c2)CCO1. The van der Waals surface area contributed by atoms with E-state index in [9.17, 15) is 18.0 Å². The monoisotopic (exact) mass is 554 g/mol. The second kappa shape index (κ2) is 10.2. The minimum atomic E-state index is -4.62. The summed E-state index contributed by atoms with van der Waals surface area (Å²) in [4.78, 5) is 15.8. The molecule has 0 N–H and O–H groups in total. The average Bonchev–Trinajstić information content (AvgIpc) is 3.47. The van der Waals surface area contributed by atoms with E-state index in [1.54, 1.807) is 18.6 Å². The van der Waals surface area contributed by atoms with Gasteiger partial charge in [0.1, 0.15) is 12.2 Å². The molecule has 3 aromatic heterocycles. The highest BCUT2D eigenvalue weighted by atomic mass is 19.4. The molecule has 0 spiro atoms. The van der Waals surface area contributed by atoms with Crippen LogP contribution in [-0.4, -0.2) is 54.4 Å². The maximum atomic E-state index is 14.3. The number of pyridine rings is 1. The van der Waals surface area contributed by atoms with Crippen LogP contribution < -0.4 is 5.69 Å². The van der Waals surface area contributed by atoms with Crippen molar-refractivity contribution in [2.24, 2.45) is 13.0 Å². The number of hydrogen-bond donors (Lipinski definition) is 0. The summed E-state index contributed by atoms with van der Waals surface area (Å²) in [6.07, 6.45) is 3.16. The van der Waals surface area contributed by atoms with Gasteiger partial charge in [-0.3, -0.25) is 13.9 Å². The summed E-state index contributed by atoms with van der Waals surface area (Å²) in [5, 5.41) is 8.42. The first kappa shape index (κ1) is 26.8. The van der Waals surface area contributed by atoms with Crippen molar-refractivity contribution in [1.82, 2.24) is 28.6 Å². The lowest BCUT2D eigenvalue weighted by molar-refractivity contribution is -0.136. The molecular formula is C29H33F3N6O2. The summed E-state index contributed by atoms with van der Waals surface area (Å²) in [5.74, 6) is 1.22. The lowest BCUT2D eigenvalue weighted by Gasteiger charge is -2.36. The van der Waals surface area contributed by atoms with E-state index in [0.717, 1.165) is 35.1 Å². The summed E-state index contributed by atoms with van der Waals surface area (Å²) in [6.45, 7) is 5.56. The molecule has 0 bridgehead atoms. The molecule has 1 saturated heterocycles. The Morgan fingerprint density at radius 2 is 1.93 bits per heavy atom. The Hall–Kier alpha value is -3.44. The van der Waals surface area contributed by atoms with Gasteiger partial charge in [0.05, 0.1) is 29.5 Å². The van der Waals surface area contributed by atoms with Crippen LogP contribution in [0.5, 0.6) is 0 Å². The zero-order valence-electron chi connectivity index (χ0n) is 22.8.